The number of ether oxygens (including phenoxy) is 1. The Kier molecular flexibility index (Phi) is 7.40. The average molecular weight is 370 g/mol. The molecule has 0 spiro atoms. The number of hydrogen-bond acceptors (Lipinski definition) is 4. The van der Waals surface area contributed by atoms with Crippen LogP contribution in [-0.2, 0) is 22.4 Å². The topological polar surface area (TPSA) is 76.4 Å². The number of nitrogens with one attached hydrogen (secondary N) is 2. The van der Waals surface area contributed by atoms with Crippen molar-refractivity contribution < 1.29 is 24.5 Å². The van der Waals surface area contributed by atoms with E-state index in [-0.39, 0.29) is 11.9 Å². The van der Waals surface area contributed by atoms with E-state index in [2.05, 4.69) is 26.3 Å². The van der Waals surface area contributed by atoms with Crippen LogP contribution >= 0.6 is 11.3 Å². The molecule has 0 saturated carbocycles. The Morgan fingerprint density at radius 1 is 1.40 bits per heavy atom. The molecule has 0 aliphatic heterocycles. The molecular formula is C18H31N3O3S+2. The van der Waals surface area contributed by atoms with Gasteiger partial charge in [-0.05, 0) is 37.7 Å². The molecule has 25 heavy (non-hydrogen) atoms. The predicted octanol–water partition coefficient (Wildman–Crippen LogP) is -0.304. The Bertz CT molecular complexity index is 613. The highest BCUT2D eigenvalue weighted by molar-refractivity contribution is 7.17. The molecule has 1 amide bonds. The maximum Gasteiger partial charge on any atom is 0.341 e. The number of nitrogens with two attached hydrogens (primary N) is 1. The summed E-state index contributed by atoms with van der Waals surface area (Å²) in [5.74, 6) is 0.239. The summed E-state index contributed by atoms with van der Waals surface area (Å²) in [6.45, 7) is 6.65. The van der Waals surface area contributed by atoms with Crippen LogP contribution in [0.25, 0.3) is 0 Å². The smallest absolute Gasteiger partial charge is 0.341 e. The standard InChI is InChI=1S/C18H29N3O3S/c1-5-24-18(23)16-13-7-6-12(2)10-14(13)25-17(16)20-15(22)11-19-8-9-21(3)4/h12,19H,5-11H2,1-4H3,(H,20,22)/p+2/t12-/m0/s1. The van der Waals surface area contributed by atoms with Gasteiger partial charge in [-0.1, -0.05) is 6.92 Å². The van der Waals surface area contributed by atoms with E-state index in [0.29, 0.717) is 29.6 Å². The second kappa shape index (κ2) is 9.31. The number of thiophene rings is 1. The summed E-state index contributed by atoms with van der Waals surface area (Å²) in [6, 6.07) is 0. The van der Waals surface area contributed by atoms with Gasteiger partial charge in [-0.2, -0.15) is 0 Å². The fraction of sp³-hybridized carbons (Fsp3) is 0.667. The maximum absolute atomic E-state index is 12.4. The van der Waals surface area contributed by atoms with Crippen LogP contribution in [-0.4, -0.2) is 52.2 Å². The van der Waals surface area contributed by atoms with Gasteiger partial charge in [-0.25, -0.2) is 4.79 Å². The normalized spacial score (nSPS) is 16.6. The molecule has 140 valence electrons. The number of likely N-dealkylation sites (N-methyl/N-ethyl adjacent to an activating group) is 1. The summed E-state index contributed by atoms with van der Waals surface area (Å²) in [4.78, 5) is 27.3. The van der Waals surface area contributed by atoms with E-state index in [0.717, 1.165) is 37.9 Å². The zero-order valence-electron chi connectivity index (χ0n) is 15.7. The minimum atomic E-state index is -0.315. The molecule has 1 aliphatic carbocycles. The number of hydrogen-bond donors (Lipinski definition) is 3. The minimum absolute atomic E-state index is 0.0639. The van der Waals surface area contributed by atoms with E-state index < -0.39 is 0 Å². The molecule has 0 aromatic carbocycles. The largest absolute Gasteiger partial charge is 0.462 e. The Balaban J connectivity index is 2.08. The fourth-order valence-electron chi connectivity index (χ4n) is 3.06. The van der Waals surface area contributed by atoms with Crippen LogP contribution in [0.3, 0.4) is 0 Å². The summed E-state index contributed by atoms with van der Waals surface area (Å²) < 4.78 is 5.23. The van der Waals surface area contributed by atoms with E-state index in [1.54, 1.807) is 18.3 Å². The highest BCUT2D eigenvalue weighted by Gasteiger charge is 2.29. The Hall–Kier alpha value is -1.44. The number of esters is 1. The van der Waals surface area contributed by atoms with Crippen molar-refractivity contribution in [3.63, 3.8) is 0 Å². The first-order valence-electron chi connectivity index (χ1n) is 9.14. The van der Waals surface area contributed by atoms with Gasteiger partial charge in [-0.15, -0.1) is 11.3 Å². The Morgan fingerprint density at radius 2 is 2.16 bits per heavy atom. The van der Waals surface area contributed by atoms with Crippen molar-refractivity contribution in [2.45, 2.75) is 33.1 Å². The SMILES string of the molecule is CCOC(=O)c1c(NC(=O)C[NH2+]CC[NH+](C)C)sc2c1CC[C@H](C)C2. The molecule has 1 heterocycles. The molecule has 0 bridgehead atoms. The number of anilines is 1. The lowest BCUT2D eigenvalue weighted by atomic mass is 9.88. The van der Waals surface area contributed by atoms with Gasteiger partial charge in [-0.3, -0.25) is 4.79 Å². The molecule has 0 radical (unpaired) electrons. The first-order chi connectivity index (χ1) is 11.9. The summed E-state index contributed by atoms with van der Waals surface area (Å²) >= 11 is 1.54. The lowest BCUT2D eigenvalue weighted by Crippen LogP contribution is -3.09. The van der Waals surface area contributed by atoms with Crippen molar-refractivity contribution >= 4 is 28.2 Å². The third-order valence-corrected chi connectivity index (χ3v) is 5.59. The molecular weight excluding hydrogens is 338 g/mol. The second-order valence-corrected chi connectivity index (χ2v) is 8.17. The quantitative estimate of drug-likeness (QED) is 0.435. The summed E-state index contributed by atoms with van der Waals surface area (Å²) in [5, 5.41) is 5.61. The van der Waals surface area contributed by atoms with Crippen LogP contribution in [0.1, 0.15) is 41.1 Å². The second-order valence-electron chi connectivity index (χ2n) is 7.06. The molecule has 0 fully saturated rings. The van der Waals surface area contributed by atoms with Crippen molar-refractivity contribution in [3.05, 3.63) is 16.0 Å². The minimum Gasteiger partial charge on any atom is -0.462 e. The number of fused-ring (bicyclic) bond motifs is 1. The number of quaternary nitrogens is 2. The first-order valence-corrected chi connectivity index (χ1v) is 9.96. The predicted molar refractivity (Wildman–Crippen MR) is 99.4 cm³/mol. The molecule has 1 aliphatic rings. The van der Waals surface area contributed by atoms with Gasteiger partial charge in [0.05, 0.1) is 26.3 Å². The van der Waals surface area contributed by atoms with Gasteiger partial charge in [0.25, 0.3) is 5.91 Å². The lowest BCUT2D eigenvalue weighted by molar-refractivity contribution is -0.873. The van der Waals surface area contributed by atoms with E-state index in [4.69, 9.17) is 4.74 Å². The van der Waals surface area contributed by atoms with E-state index in [1.165, 1.54) is 9.78 Å². The fourth-order valence-corrected chi connectivity index (χ4v) is 4.47. The summed E-state index contributed by atoms with van der Waals surface area (Å²) in [5.41, 5.74) is 1.66. The highest BCUT2D eigenvalue weighted by atomic mass is 32.1. The molecule has 1 aromatic heterocycles. The molecule has 0 unspecified atom stereocenters. The van der Waals surface area contributed by atoms with Crippen molar-refractivity contribution in [1.82, 2.24) is 0 Å². The van der Waals surface area contributed by atoms with Crippen molar-refractivity contribution in [1.29, 1.82) is 0 Å². The molecule has 6 nitrogen and oxygen atoms in total. The Morgan fingerprint density at radius 3 is 2.84 bits per heavy atom. The maximum atomic E-state index is 12.4. The molecule has 4 N–H and O–H groups in total. The van der Waals surface area contributed by atoms with Gasteiger partial charge in [0.15, 0.2) is 6.54 Å². The monoisotopic (exact) mass is 369 g/mol. The van der Waals surface area contributed by atoms with E-state index in [9.17, 15) is 9.59 Å². The zero-order chi connectivity index (χ0) is 18.4. The molecule has 1 atom stereocenters. The van der Waals surface area contributed by atoms with Crippen LogP contribution < -0.4 is 15.5 Å². The van der Waals surface area contributed by atoms with Crippen molar-refractivity contribution in [3.8, 4) is 0 Å². The number of amides is 1. The first kappa shape index (κ1) is 19.9. The summed E-state index contributed by atoms with van der Waals surface area (Å²) in [6.07, 6.45) is 2.93. The van der Waals surface area contributed by atoms with E-state index in [1.807, 2.05) is 5.32 Å². The van der Waals surface area contributed by atoms with Crippen LogP contribution in [0.15, 0.2) is 0 Å². The van der Waals surface area contributed by atoms with Crippen LogP contribution in [0.2, 0.25) is 0 Å². The van der Waals surface area contributed by atoms with Crippen LogP contribution in [0.4, 0.5) is 5.00 Å². The van der Waals surface area contributed by atoms with Gasteiger partial charge in [0.2, 0.25) is 0 Å². The summed E-state index contributed by atoms with van der Waals surface area (Å²) in [7, 11) is 4.19. The highest BCUT2D eigenvalue weighted by Crippen LogP contribution is 2.39. The molecule has 2 rings (SSSR count). The van der Waals surface area contributed by atoms with Gasteiger partial charge in [0.1, 0.15) is 18.1 Å². The lowest BCUT2D eigenvalue weighted by Gasteiger charge is -2.18. The van der Waals surface area contributed by atoms with Crippen LogP contribution in [0, 0.1) is 5.92 Å². The van der Waals surface area contributed by atoms with E-state index >= 15 is 0 Å². The van der Waals surface area contributed by atoms with Crippen molar-refractivity contribution in [2.75, 3.05) is 45.7 Å². The van der Waals surface area contributed by atoms with Crippen LogP contribution in [0.5, 0.6) is 0 Å². The van der Waals surface area contributed by atoms with Gasteiger partial charge >= 0.3 is 5.97 Å². The van der Waals surface area contributed by atoms with Gasteiger partial charge in [0, 0.05) is 4.88 Å². The number of carbonyl (C=O) groups excluding carboxylic acids is 2. The zero-order valence-corrected chi connectivity index (χ0v) is 16.6. The third-order valence-electron chi connectivity index (χ3n) is 4.42. The molecule has 7 heteroatoms. The molecule has 1 aromatic rings. The Labute approximate surface area is 153 Å². The molecule has 0 saturated heterocycles. The number of carbonyl (C=O) groups is 2. The van der Waals surface area contributed by atoms with Crippen molar-refractivity contribution in [2.24, 2.45) is 5.92 Å². The number of rotatable bonds is 8. The average Bonchev–Trinajstić information content (AvgIpc) is 2.88. The van der Waals surface area contributed by atoms with Gasteiger partial charge < -0.3 is 20.3 Å². The third kappa shape index (κ3) is 5.52.